The predicted octanol–water partition coefficient (Wildman–Crippen LogP) is 4.72. The van der Waals surface area contributed by atoms with Gasteiger partial charge in [-0.05, 0) is 42.5 Å². The van der Waals surface area contributed by atoms with E-state index in [0.717, 1.165) is 10.9 Å². The second-order valence-corrected chi connectivity index (χ2v) is 8.29. The molecule has 5 rings (SSSR count). The molecule has 1 aliphatic heterocycles. The van der Waals surface area contributed by atoms with Gasteiger partial charge in [0.15, 0.2) is 11.6 Å². The van der Waals surface area contributed by atoms with E-state index in [9.17, 15) is 9.59 Å². The number of urea groups is 1. The van der Waals surface area contributed by atoms with E-state index in [1.807, 2.05) is 32.0 Å². The highest BCUT2D eigenvalue weighted by atomic mass is 16.5. The molecule has 3 N–H and O–H groups in total. The van der Waals surface area contributed by atoms with Crippen molar-refractivity contribution < 1.29 is 23.6 Å². The van der Waals surface area contributed by atoms with Crippen LogP contribution in [0.5, 0.6) is 11.5 Å². The molecule has 0 spiro atoms. The zero-order chi connectivity index (χ0) is 24.7. The molecule has 0 radical (unpaired) electrons. The van der Waals surface area contributed by atoms with Gasteiger partial charge in [0.1, 0.15) is 17.2 Å². The first-order valence-corrected chi connectivity index (χ1v) is 11.0. The van der Waals surface area contributed by atoms with Crippen LogP contribution in [0.25, 0.3) is 28.6 Å². The Balaban J connectivity index is 1.60. The van der Waals surface area contributed by atoms with Crippen molar-refractivity contribution in [3.8, 4) is 23.1 Å². The summed E-state index contributed by atoms with van der Waals surface area (Å²) in [5, 5.41) is 10.00. The number of nitrogens with zero attached hydrogens (tertiary/aromatic N) is 2. The van der Waals surface area contributed by atoms with Crippen LogP contribution in [0.2, 0.25) is 0 Å². The molecule has 2 aromatic heterocycles. The summed E-state index contributed by atoms with van der Waals surface area (Å²) < 4.78 is 16.8. The maximum Gasteiger partial charge on any atom is 0.318 e. The Morgan fingerprint density at radius 2 is 2.03 bits per heavy atom. The highest BCUT2D eigenvalue weighted by Gasteiger charge is 2.29. The monoisotopic (exact) mass is 473 g/mol. The standard InChI is InChI=1S/C25H23N5O5/c1-12(2)23-29-24(35-30-23)21-16(15-10-14(33-4)6-7-18(15)28-21)11-20-22(31)17-9-13(27-25(32)26-3)5-8-19(17)34-20/h5-12,28H,1-4H3,(H2,26,27,32)/b20-11-. The third-order valence-electron chi connectivity index (χ3n) is 5.65. The summed E-state index contributed by atoms with van der Waals surface area (Å²) in [4.78, 5) is 32.7. The molecule has 0 saturated carbocycles. The maximum absolute atomic E-state index is 13.2. The fraction of sp³-hybridized carbons (Fsp3) is 0.200. The minimum absolute atomic E-state index is 0.0885. The van der Waals surface area contributed by atoms with Crippen LogP contribution in [-0.4, -0.2) is 41.1 Å². The lowest BCUT2D eigenvalue weighted by molar-refractivity contribution is 0.101. The number of benzene rings is 2. The van der Waals surface area contributed by atoms with Crippen LogP contribution < -0.4 is 20.1 Å². The Labute approximate surface area is 200 Å². The largest absolute Gasteiger partial charge is 0.497 e. The number of nitrogens with one attached hydrogen (secondary N) is 3. The average Bonchev–Trinajstić information content (AvgIpc) is 3.56. The average molecular weight is 473 g/mol. The number of hydrogen-bond donors (Lipinski definition) is 3. The SMILES string of the molecule is CNC(=O)Nc1ccc2c(c1)C(=O)/C(=C/c1c(-c3nc(C(C)C)no3)[nH]c3ccc(OC)cc13)O2. The topological polar surface area (TPSA) is 131 Å². The zero-order valence-electron chi connectivity index (χ0n) is 19.6. The second-order valence-electron chi connectivity index (χ2n) is 8.29. The summed E-state index contributed by atoms with van der Waals surface area (Å²) in [5.41, 5.74) is 2.85. The van der Waals surface area contributed by atoms with Crippen molar-refractivity contribution in [3.05, 3.63) is 59.1 Å². The fourth-order valence-electron chi connectivity index (χ4n) is 3.80. The number of fused-ring (bicyclic) bond motifs is 2. The van der Waals surface area contributed by atoms with Crippen molar-refractivity contribution in [3.63, 3.8) is 0 Å². The molecule has 10 nitrogen and oxygen atoms in total. The lowest BCUT2D eigenvalue weighted by atomic mass is 10.1. The molecule has 3 heterocycles. The summed E-state index contributed by atoms with van der Waals surface area (Å²) in [6.07, 6.45) is 1.65. The molecule has 2 aromatic carbocycles. The van der Waals surface area contributed by atoms with Crippen LogP contribution in [0.1, 0.15) is 41.5 Å². The molecule has 178 valence electrons. The molecule has 0 fully saturated rings. The first-order valence-electron chi connectivity index (χ1n) is 11.0. The minimum atomic E-state index is -0.384. The van der Waals surface area contributed by atoms with Crippen molar-refractivity contribution in [2.24, 2.45) is 0 Å². The first-order chi connectivity index (χ1) is 16.9. The molecule has 4 aromatic rings. The van der Waals surface area contributed by atoms with Crippen LogP contribution in [-0.2, 0) is 0 Å². The van der Waals surface area contributed by atoms with Gasteiger partial charge in [-0.15, -0.1) is 0 Å². The number of amides is 2. The number of allylic oxidation sites excluding steroid dienone is 1. The summed E-state index contributed by atoms with van der Waals surface area (Å²) in [6.45, 7) is 3.95. The minimum Gasteiger partial charge on any atom is -0.497 e. The molecular weight excluding hydrogens is 450 g/mol. The van der Waals surface area contributed by atoms with Gasteiger partial charge in [-0.25, -0.2) is 4.79 Å². The van der Waals surface area contributed by atoms with Crippen molar-refractivity contribution >= 4 is 34.5 Å². The molecule has 1 aliphatic rings. The number of aromatic amines is 1. The number of Topliss-reactive ketones (excluding diaryl/α,β-unsaturated/α-hetero) is 1. The van der Waals surface area contributed by atoms with Gasteiger partial charge in [0.2, 0.25) is 5.78 Å². The van der Waals surface area contributed by atoms with E-state index in [2.05, 4.69) is 25.8 Å². The van der Waals surface area contributed by atoms with E-state index in [0.29, 0.717) is 45.7 Å². The van der Waals surface area contributed by atoms with Crippen LogP contribution in [0.3, 0.4) is 0 Å². The normalized spacial score (nSPS) is 13.9. The lowest BCUT2D eigenvalue weighted by Gasteiger charge is -2.04. The van der Waals surface area contributed by atoms with Gasteiger partial charge in [0.25, 0.3) is 5.89 Å². The van der Waals surface area contributed by atoms with Crippen LogP contribution in [0.15, 0.2) is 46.7 Å². The number of ether oxygens (including phenoxy) is 2. The van der Waals surface area contributed by atoms with Gasteiger partial charge in [-0.1, -0.05) is 19.0 Å². The molecule has 0 bridgehead atoms. The maximum atomic E-state index is 13.2. The van der Waals surface area contributed by atoms with Crippen molar-refractivity contribution in [1.29, 1.82) is 0 Å². The number of anilines is 1. The highest BCUT2D eigenvalue weighted by molar-refractivity contribution is 6.16. The van der Waals surface area contributed by atoms with Gasteiger partial charge in [0.05, 0.1) is 12.7 Å². The molecule has 0 saturated heterocycles. The van der Waals surface area contributed by atoms with E-state index < -0.39 is 0 Å². The summed E-state index contributed by atoms with van der Waals surface area (Å²) in [5.74, 6) is 1.85. The molecule has 0 aliphatic carbocycles. The molecule has 0 unspecified atom stereocenters. The third kappa shape index (κ3) is 3.99. The number of ketones is 1. The van der Waals surface area contributed by atoms with Crippen molar-refractivity contribution in [1.82, 2.24) is 20.4 Å². The Bertz CT molecular complexity index is 1500. The van der Waals surface area contributed by atoms with Gasteiger partial charge >= 0.3 is 6.03 Å². The molecule has 2 amide bonds. The third-order valence-corrected chi connectivity index (χ3v) is 5.65. The van der Waals surface area contributed by atoms with E-state index in [1.54, 1.807) is 31.4 Å². The Morgan fingerprint density at radius 3 is 2.74 bits per heavy atom. The number of carbonyl (C=O) groups excluding carboxylic acids is 2. The van der Waals surface area contributed by atoms with Crippen LogP contribution >= 0.6 is 0 Å². The fourth-order valence-corrected chi connectivity index (χ4v) is 3.80. The number of H-pyrrole nitrogens is 1. The summed E-state index contributed by atoms with van der Waals surface area (Å²) in [7, 11) is 3.10. The highest BCUT2D eigenvalue weighted by Crippen LogP contribution is 2.38. The predicted molar refractivity (Wildman–Crippen MR) is 130 cm³/mol. The smallest absolute Gasteiger partial charge is 0.318 e. The molecule has 35 heavy (non-hydrogen) atoms. The second kappa shape index (κ2) is 8.64. The number of carbonyl (C=O) groups is 2. The van der Waals surface area contributed by atoms with Crippen LogP contribution in [0.4, 0.5) is 10.5 Å². The Kier molecular flexibility index (Phi) is 5.48. The van der Waals surface area contributed by atoms with Gasteiger partial charge in [-0.2, -0.15) is 4.98 Å². The molecule has 10 heteroatoms. The first kappa shape index (κ1) is 22.2. The number of aromatic nitrogens is 3. The van der Waals surface area contributed by atoms with Crippen LogP contribution in [0, 0.1) is 0 Å². The van der Waals surface area contributed by atoms with Gasteiger partial charge < -0.3 is 29.6 Å². The zero-order valence-corrected chi connectivity index (χ0v) is 19.6. The van der Waals surface area contributed by atoms with E-state index in [1.165, 1.54) is 7.05 Å². The van der Waals surface area contributed by atoms with Gasteiger partial charge in [-0.3, -0.25) is 4.79 Å². The number of rotatable bonds is 5. The number of methoxy groups -OCH3 is 1. The Morgan fingerprint density at radius 1 is 1.20 bits per heavy atom. The van der Waals surface area contributed by atoms with E-state index >= 15 is 0 Å². The van der Waals surface area contributed by atoms with Crippen molar-refractivity contribution in [2.75, 3.05) is 19.5 Å². The van der Waals surface area contributed by atoms with E-state index in [-0.39, 0.29) is 23.5 Å². The summed E-state index contributed by atoms with van der Waals surface area (Å²) >= 11 is 0. The Hall–Kier alpha value is -4.60. The quantitative estimate of drug-likeness (QED) is 0.358. The summed E-state index contributed by atoms with van der Waals surface area (Å²) in [6, 6.07) is 10.1. The van der Waals surface area contributed by atoms with E-state index in [4.69, 9.17) is 14.0 Å². The molecular formula is C25H23N5O5. The molecule has 0 atom stereocenters. The van der Waals surface area contributed by atoms with Crippen molar-refractivity contribution in [2.45, 2.75) is 19.8 Å². The lowest BCUT2D eigenvalue weighted by Crippen LogP contribution is -2.24. The van der Waals surface area contributed by atoms with Gasteiger partial charge in [0, 0.05) is 35.1 Å². The number of hydrogen-bond acceptors (Lipinski definition) is 7.